The van der Waals surface area contributed by atoms with E-state index in [4.69, 9.17) is 4.74 Å². The molecule has 4 heteroatoms. The Morgan fingerprint density at radius 2 is 1.04 bits per heavy atom. The number of carbonyl (C=O) groups is 3. The first-order valence-electron chi connectivity index (χ1n) is 8.94. The van der Waals surface area contributed by atoms with Crippen molar-refractivity contribution in [3.63, 3.8) is 0 Å². The largest absolute Gasteiger partial charge is 0.469 e. The molecule has 0 N–H and O–H groups in total. The second kappa shape index (κ2) is 8.91. The van der Waals surface area contributed by atoms with E-state index in [-0.39, 0.29) is 0 Å². The van der Waals surface area contributed by atoms with E-state index in [1.807, 2.05) is 6.07 Å². The zero-order valence-electron chi connectivity index (χ0n) is 15.4. The molecule has 0 spiro atoms. The standard InChI is InChI=1S/C24H20O4/c1-28-24(27)20(17-11-5-2-6-12-17)21(22(25)18-13-7-3-8-14-18)23(26)19-15-9-4-10-16-19/h2-16,20-21H,1H3. The van der Waals surface area contributed by atoms with E-state index in [9.17, 15) is 14.4 Å². The van der Waals surface area contributed by atoms with Gasteiger partial charge in [0.1, 0.15) is 5.92 Å². The van der Waals surface area contributed by atoms with Gasteiger partial charge in [0, 0.05) is 11.1 Å². The van der Waals surface area contributed by atoms with Gasteiger partial charge in [0.2, 0.25) is 0 Å². The summed E-state index contributed by atoms with van der Waals surface area (Å²) in [4.78, 5) is 39.4. The van der Waals surface area contributed by atoms with Gasteiger partial charge in [-0.3, -0.25) is 14.4 Å². The number of methoxy groups -OCH3 is 1. The first-order valence-corrected chi connectivity index (χ1v) is 8.94. The molecule has 0 heterocycles. The van der Waals surface area contributed by atoms with Crippen molar-refractivity contribution in [3.8, 4) is 0 Å². The number of Topliss-reactive ketones (excluding diaryl/α,β-unsaturated/α-hetero) is 2. The van der Waals surface area contributed by atoms with Crippen LogP contribution in [0.15, 0.2) is 91.0 Å². The average Bonchev–Trinajstić information content (AvgIpc) is 2.78. The van der Waals surface area contributed by atoms with Gasteiger partial charge < -0.3 is 4.74 Å². The lowest BCUT2D eigenvalue weighted by Gasteiger charge is -2.24. The Balaban J connectivity index is 2.14. The van der Waals surface area contributed by atoms with Gasteiger partial charge in [-0.25, -0.2) is 0 Å². The molecular weight excluding hydrogens is 352 g/mol. The summed E-state index contributed by atoms with van der Waals surface area (Å²) in [6.07, 6.45) is 0. The van der Waals surface area contributed by atoms with Crippen LogP contribution in [0.5, 0.6) is 0 Å². The van der Waals surface area contributed by atoms with Crippen LogP contribution >= 0.6 is 0 Å². The van der Waals surface area contributed by atoms with E-state index in [1.165, 1.54) is 7.11 Å². The van der Waals surface area contributed by atoms with Gasteiger partial charge in [0.25, 0.3) is 0 Å². The fourth-order valence-electron chi connectivity index (χ4n) is 3.24. The zero-order valence-corrected chi connectivity index (χ0v) is 15.4. The molecule has 0 bridgehead atoms. The summed E-state index contributed by atoms with van der Waals surface area (Å²) in [7, 11) is 1.26. The first kappa shape index (κ1) is 19.2. The van der Waals surface area contributed by atoms with Crippen LogP contribution in [-0.4, -0.2) is 24.6 Å². The molecule has 0 saturated heterocycles. The smallest absolute Gasteiger partial charge is 0.314 e. The third-order valence-electron chi connectivity index (χ3n) is 4.63. The number of hydrogen-bond donors (Lipinski definition) is 0. The predicted molar refractivity (Wildman–Crippen MR) is 106 cm³/mol. The molecule has 0 aromatic heterocycles. The van der Waals surface area contributed by atoms with Gasteiger partial charge in [-0.05, 0) is 5.56 Å². The van der Waals surface area contributed by atoms with Gasteiger partial charge in [0.05, 0.1) is 13.0 Å². The van der Waals surface area contributed by atoms with Gasteiger partial charge in [-0.15, -0.1) is 0 Å². The first-order chi connectivity index (χ1) is 13.6. The average molecular weight is 372 g/mol. The molecule has 140 valence electrons. The molecule has 0 amide bonds. The van der Waals surface area contributed by atoms with Gasteiger partial charge in [-0.1, -0.05) is 91.0 Å². The molecule has 0 aliphatic heterocycles. The summed E-state index contributed by atoms with van der Waals surface area (Å²) in [6.45, 7) is 0. The Morgan fingerprint density at radius 3 is 1.43 bits per heavy atom. The number of hydrogen-bond acceptors (Lipinski definition) is 4. The predicted octanol–water partition coefficient (Wildman–Crippen LogP) is 4.33. The molecular formula is C24H20O4. The zero-order chi connectivity index (χ0) is 19.9. The van der Waals surface area contributed by atoms with Crippen molar-refractivity contribution in [1.29, 1.82) is 0 Å². The molecule has 0 saturated carbocycles. The van der Waals surface area contributed by atoms with Crippen molar-refractivity contribution in [2.75, 3.05) is 7.11 Å². The second-order valence-corrected chi connectivity index (χ2v) is 6.35. The second-order valence-electron chi connectivity index (χ2n) is 6.35. The molecule has 28 heavy (non-hydrogen) atoms. The van der Waals surface area contributed by atoms with Crippen molar-refractivity contribution < 1.29 is 19.1 Å². The molecule has 1 atom stereocenters. The summed E-state index contributed by atoms with van der Waals surface area (Å²) in [5.74, 6) is -3.70. The number of carbonyl (C=O) groups excluding carboxylic acids is 3. The Labute approximate surface area is 163 Å². The fraction of sp³-hybridized carbons (Fsp3) is 0.125. The van der Waals surface area contributed by atoms with Gasteiger partial charge >= 0.3 is 5.97 Å². The molecule has 1 unspecified atom stereocenters. The Bertz CT molecular complexity index is 898. The van der Waals surface area contributed by atoms with Crippen LogP contribution in [0.25, 0.3) is 0 Å². The number of esters is 1. The van der Waals surface area contributed by atoms with Crippen LogP contribution in [0.2, 0.25) is 0 Å². The molecule has 0 fully saturated rings. The SMILES string of the molecule is COC(=O)C(c1ccccc1)C(C(=O)c1ccccc1)C(=O)c1ccccc1. The molecule has 4 nitrogen and oxygen atoms in total. The topological polar surface area (TPSA) is 60.4 Å². The van der Waals surface area contributed by atoms with E-state index in [1.54, 1.807) is 84.9 Å². The van der Waals surface area contributed by atoms with E-state index >= 15 is 0 Å². The highest BCUT2D eigenvalue weighted by molar-refractivity contribution is 6.18. The van der Waals surface area contributed by atoms with Crippen molar-refractivity contribution in [2.24, 2.45) is 5.92 Å². The van der Waals surface area contributed by atoms with Gasteiger partial charge in [0.15, 0.2) is 11.6 Å². The van der Waals surface area contributed by atoms with Crippen molar-refractivity contribution >= 4 is 17.5 Å². The van der Waals surface area contributed by atoms with E-state index < -0.39 is 29.4 Å². The summed E-state index contributed by atoms with van der Waals surface area (Å²) < 4.78 is 4.98. The Kier molecular flexibility index (Phi) is 6.12. The lowest BCUT2D eigenvalue weighted by atomic mass is 9.77. The Morgan fingerprint density at radius 1 is 0.643 bits per heavy atom. The Hall–Kier alpha value is -3.53. The highest BCUT2D eigenvalue weighted by Crippen LogP contribution is 2.32. The van der Waals surface area contributed by atoms with Crippen LogP contribution in [0.4, 0.5) is 0 Å². The number of ketones is 2. The maximum atomic E-state index is 13.4. The summed E-state index contributed by atoms with van der Waals surface area (Å²) in [5, 5.41) is 0. The molecule has 3 aromatic carbocycles. The minimum absolute atomic E-state index is 0.376. The minimum atomic E-state index is -1.22. The van der Waals surface area contributed by atoms with E-state index in [2.05, 4.69) is 0 Å². The van der Waals surface area contributed by atoms with E-state index in [0.717, 1.165) is 0 Å². The lowest BCUT2D eigenvalue weighted by Crippen LogP contribution is -2.35. The number of benzene rings is 3. The van der Waals surface area contributed by atoms with Crippen LogP contribution in [0, 0.1) is 5.92 Å². The van der Waals surface area contributed by atoms with Crippen LogP contribution < -0.4 is 0 Å². The molecule has 3 rings (SSSR count). The van der Waals surface area contributed by atoms with Gasteiger partial charge in [-0.2, -0.15) is 0 Å². The van der Waals surface area contributed by atoms with E-state index in [0.29, 0.717) is 16.7 Å². The van der Waals surface area contributed by atoms with Crippen LogP contribution in [0.1, 0.15) is 32.2 Å². The molecule has 0 aliphatic rings. The maximum Gasteiger partial charge on any atom is 0.314 e. The molecule has 3 aromatic rings. The highest BCUT2D eigenvalue weighted by atomic mass is 16.5. The fourth-order valence-corrected chi connectivity index (χ4v) is 3.24. The van der Waals surface area contributed by atoms with Crippen LogP contribution in [0.3, 0.4) is 0 Å². The monoisotopic (exact) mass is 372 g/mol. The number of rotatable bonds is 7. The summed E-state index contributed by atoms with van der Waals surface area (Å²) in [6, 6.07) is 25.9. The maximum absolute atomic E-state index is 13.4. The quantitative estimate of drug-likeness (QED) is 0.352. The number of ether oxygens (including phenoxy) is 1. The summed E-state index contributed by atoms with van der Waals surface area (Å²) >= 11 is 0. The van der Waals surface area contributed by atoms with Crippen molar-refractivity contribution in [1.82, 2.24) is 0 Å². The molecule has 0 radical (unpaired) electrons. The summed E-state index contributed by atoms with van der Waals surface area (Å²) in [5.41, 5.74) is 1.32. The lowest BCUT2D eigenvalue weighted by molar-refractivity contribution is -0.143. The van der Waals surface area contributed by atoms with Crippen molar-refractivity contribution in [3.05, 3.63) is 108 Å². The van der Waals surface area contributed by atoms with Crippen LogP contribution in [-0.2, 0) is 9.53 Å². The molecule has 0 aliphatic carbocycles. The highest BCUT2D eigenvalue weighted by Gasteiger charge is 2.41. The third-order valence-corrected chi connectivity index (χ3v) is 4.63. The normalized spacial score (nSPS) is 11.6. The van der Waals surface area contributed by atoms with Crippen molar-refractivity contribution in [2.45, 2.75) is 5.92 Å². The third kappa shape index (κ3) is 4.07. The minimum Gasteiger partial charge on any atom is -0.469 e.